The summed E-state index contributed by atoms with van der Waals surface area (Å²) in [4.78, 5) is 19.6. The minimum Gasteiger partial charge on any atom is -0.496 e. The quantitative estimate of drug-likeness (QED) is 0.640. The highest BCUT2D eigenvalue weighted by molar-refractivity contribution is 6.32. The first-order valence-electron chi connectivity index (χ1n) is 5.83. The van der Waals surface area contributed by atoms with Crippen molar-refractivity contribution in [3.05, 3.63) is 34.7 Å². The number of aryl methyl sites for hydroxylation is 1. The molecule has 1 aromatic heterocycles. The van der Waals surface area contributed by atoms with E-state index in [0.29, 0.717) is 34.9 Å². The minimum absolute atomic E-state index is 0.107. The first kappa shape index (κ1) is 14.3. The van der Waals surface area contributed by atoms with Gasteiger partial charge in [-0.05, 0) is 19.1 Å². The van der Waals surface area contributed by atoms with Crippen LogP contribution in [-0.2, 0) is 0 Å². The molecule has 1 aromatic carbocycles. The number of halogens is 1. The van der Waals surface area contributed by atoms with Gasteiger partial charge in [-0.2, -0.15) is 0 Å². The van der Waals surface area contributed by atoms with Crippen LogP contribution in [0.4, 0.5) is 0 Å². The highest BCUT2D eigenvalue weighted by atomic mass is 35.5. The van der Waals surface area contributed by atoms with Crippen molar-refractivity contribution in [2.75, 3.05) is 14.2 Å². The molecule has 6 heteroatoms. The van der Waals surface area contributed by atoms with Crippen LogP contribution >= 0.6 is 11.6 Å². The largest absolute Gasteiger partial charge is 0.496 e. The molecule has 0 radical (unpaired) electrons. The van der Waals surface area contributed by atoms with Crippen molar-refractivity contribution in [3.63, 3.8) is 0 Å². The summed E-state index contributed by atoms with van der Waals surface area (Å²) < 4.78 is 10.6. The van der Waals surface area contributed by atoms with Crippen LogP contribution in [0.1, 0.15) is 16.2 Å². The van der Waals surface area contributed by atoms with Gasteiger partial charge in [0.05, 0.1) is 31.0 Å². The zero-order valence-corrected chi connectivity index (χ0v) is 12.1. The van der Waals surface area contributed by atoms with Crippen molar-refractivity contribution in [2.45, 2.75) is 6.92 Å². The van der Waals surface area contributed by atoms with Crippen LogP contribution in [0.15, 0.2) is 18.2 Å². The van der Waals surface area contributed by atoms with E-state index in [9.17, 15) is 4.79 Å². The zero-order chi connectivity index (χ0) is 14.7. The summed E-state index contributed by atoms with van der Waals surface area (Å²) in [6.07, 6.45) is 0.628. The molecule has 0 bridgehead atoms. The monoisotopic (exact) mass is 292 g/mol. The lowest BCUT2D eigenvalue weighted by atomic mass is 10.1. The molecule has 0 N–H and O–H groups in total. The lowest BCUT2D eigenvalue weighted by molar-refractivity contribution is 0.112. The molecule has 104 valence electrons. The zero-order valence-electron chi connectivity index (χ0n) is 11.3. The Hall–Kier alpha value is -2.14. The molecule has 20 heavy (non-hydrogen) atoms. The van der Waals surface area contributed by atoms with Gasteiger partial charge in [0.1, 0.15) is 22.5 Å². The van der Waals surface area contributed by atoms with E-state index in [0.717, 1.165) is 0 Å². The maximum atomic E-state index is 11.3. The number of ether oxygens (including phenoxy) is 2. The summed E-state index contributed by atoms with van der Waals surface area (Å²) in [7, 11) is 3.07. The van der Waals surface area contributed by atoms with Crippen molar-refractivity contribution < 1.29 is 14.3 Å². The lowest BCUT2D eigenvalue weighted by Crippen LogP contribution is -2.02. The fraction of sp³-hybridized carbons (Fsp3) is 0.214. The van der Waals surface area contributed by atoms with Gasteiger partial charge in [-0.25, -0.2) is 9.97 Å². The number of nitrogens with zero attached hydrogens (tertiary/aromatic N) is 2. The van der Waals surface area contributed by atoms with Crippen LogP contribution in [0.2, 0.25) is 5.15 Å². The Morgan fingerprint density at radius 3 is 2.25 bits per heavy atom. The van der Waals surface area contributed by atoms with E-state index in [4.69, 9.17) is 21.1 Å². The second-order valence-corrected chi connectivity index (χ2v) is 4.34. The molecule has 0 spiro atoms. The van der Waals surface area contributed by atoms with Gasteiger partial charge < -0.3 is 9.47 Å². The minimum atomic E-state index is 0.107. The van der Waals surface area contributed by atoms with Crippen LogP contribution in [0, 0.1) is 6.92 Å². The number of aldehydes is 1. The SMILES string of the molecule is COc1cccc(OC)c1-c1nc(C)nc(Cl)c1C=O. The number of benzene rings is 1. The van der Waals surface area contributed by atoms with E-state index in [1.54, 1.807) is 25.1 Å². The van der Waals surface area contributed by atoms with E-state index < -0.39 is 0 Å². The molecule has 5 nitrogen and oxygen atoms in total. The third-order valence-electron chi connectivity index (χ3n) is 2.79. The van der Waals surface area contributed by atoms with Crippen LogP contribution < -0.4 is 9.47 Å². The molecular weight excluding hydrogens is 280 g/mol. The van der Waals surface area contributed by atoms with Crippen molar-refractivity contribution in [1.29, 1.82) is 0 Å². The molecular formula is C14H13ClN2O3. The third-order valence-corrected chi connectivity index (χ3v) is 3.08. The number of carbonyl (C=O) groups is 1. The smallest absolute Gasteiger partial charge is 0.155 e. The Balaban J connectivity index is 2.83. The van der Waals surface area contributed by atoms with Crippen LogP contribution in [0.3, 0.4) is 0 Å². The number of hydrogen-bond acceptors (Lipinski definition) is 5. The standard InChI is InChI=1S/C14H13ClN2O3/c1-8-16-13(9(7-18)14(15)17-8)12-10(19-2)5-4-6-11(12)20-3/h4-7H,1-3H3. The Labute approximate surface area is 121 Å². The maximum absolute atomic E-state index is 11.3. The number of hydrogen-bond donors (Lipinski definition) is 0. The summed E-state index contributed by atoms with van der Waals surface area (Å²) in [5.41, 5.74) is 1.18. The van der Waals surface area contributed by atoms with Crippen molar-refractivity contribution in [2.24, 2.45) is 0 Å². The van der Waals surface area contributed by atoms with Gasteiger partial charge in [0.15, 0.2) is 6.29 Å². The average Bonchev–Trinajstić information content (AvgIpc) is 2.45. The predicted octanol–water partition coefficient (Wildman–Crippen LogP) is 2.94. The highest BCUT2D eigenvalue weighted by Crippen LogP contribution is 2.39. The topological polar surface area (TPSA) is 61.3 Å². The highest BCUT2D eigenvalue weighted by Gasteiger charge is 2.20. The van der Waals surface area contributed by atoms with Gasteiger partial charge in [-0.1, -0.05) is 17.7 Å². The molecule has 0 fully saturated rings. The molecule has 0 unspecified atom stereocenters. The number of aromatic nitrogens is 2. The molecule has 0 saturated heterocycles. The summed E-state index contributed by atoms with van der Waals surface area (Å²) in [5.74, 6) is 1.55. The Bertz CT molecular complexity index is 637. The van der Waals surface area contributed by atoms with Crippen molar-refractivity contribution in [3.8, 4) is 22.8 Å². The molecule has 0 atom stereocenters. The van der Waals surface area contributed by atoms with Gasteiger partial charge in [0, 0.05) is 0 Å². The average molecular weight is 293 g/mol. The Morgan fingerprint density at radius 1 is 1.15 bits per heavy atom. The molecule has 1 heterocycles. The van der Waals surface area contributed by atoms with E-state index in [-0.39, 0.29) is 10.7 Å². The normalized spacial score (nSPS) is 10.2. The lowest BCUT2D eigenvalue weighted by Gasteiger charge is -2.14. The molecule has 2 aromatic rings. The van der Waals surface area contributed by atoms with Crippen molar-refractivity contribution in [1.82, 2.24) is 9.97 Å². The van der Waals surface area contributed by atoms with Gasteiger partial charge in [0.2, 0.25) is 0 Å². The van der Waals surface area contributed by atoms with Crippen LogP contribution in [0.25, 0.3) is 11.3 Å². The second-order valence-electron chi connectivity index (χ2n) is 3.98. The summed E-state index contributed by atoms with van der Waals surface area (Å²) >= 11 is 6.01. The van der Waals surface area contributed by atoms with Crippen LogP contribution in [-0.4, -0.2) is 30.5 Å². The first-order valence-corrected chi connectivity index (χ1v) is 6.20. The fourth-order valence-electron chi connectivity index (χ4n) is 1.93. The van der Waals surface area contributed by atoms with Gasteiger partial charge in [-0.15, -0.1) is 0 Å². The van der Waals surface area contributed by atoms with E-state index in [1.165, 1.54) is 14.2 Å². The molecule has 0 saturated carbocycles. The van der Waals surface area contributed by atoms with Gasteiger partial charge in [0.25, 0.3) is 0 Å². The summed E-state index contributed by atoms with van der Waals surface area (Å²) in [5, 5.41) is 0.107. The third kappa shape index (κ3) is 2.44. The summed E-state index contributed by atoms with van der Waals surface area (Å²) in [6.45, 7) is 1.70. The molecule has 0 amide bonds. The van der Waals surface area contributed by atoms with Gasteiger partial charge in [-0.3, -0.25) is 4.79 Å². The first-order chi connectivity index (χ1) is 9.62. The molecule has 0 aliphatic rings. The maximum Gasteiger partial charge on any atom is 0.155 e. The molecule has 2 rings (SSSR count). The van der Waals surface area contributed by atoms with Gasteiger partial charge >= 0.3 is 0 Å². The Kier molecular flexibility index (Phi) is 4.20. The van der Waals surface area contributed by atoms with E-state index >= 15 is 0 Å². The van der Waals surface area contributed by atoms with E-state index in [1.807, 2.05) is 0 Å². The molecule has 0 aliphatic carbocycles. The summed E-state index contributed by atoms with van der Waals surface area (Å²) in [6, 6.07) is 5.31. The van der Waals surface area contributed by atoms with Crippen LogP contribution in [0.5, 0.6) is 11.5 Å². The fourth-order valence-corrected chi connectivity index (χ4v) is 2.18. The molecule has 0 aliphatic heterocycles. The van der Waals surface area contributed by atoms with Crippen molar-refractivity contribution >= 4 is 17.9 Å². The number of methoxy groups -OCH3 is 2. The Morgan fingerprint density at radius 2 is 1.75 bits per heavy atom. The second kappa shape index (κ2) is 5.88. The number of carbonyl (C=O) groups excluding carboxylic acids is 1. The number of rotatable bonds is 4. The van der Waals surface area contributed by atoms with E-state index in [2.05, 4.69) is 9.97 Å². The predicted molar refractivity (Wildman–Crippen MR) is 75.7 cm³/mol.